The molecule has 5 nitrogen and oxygen atoms in total. The number of hydrogen-bond acceptors (Lipinski definition) is 3. The van der Waals surface area contributed by atoms with Crippen LogP contribution in [0, 0.1) is 0 Å². The highest BCUT2D eigenvalue weighted by Crippen LogP contribution is 2.30. The molecule has 0 saturated carbocycles. The molecule has 1 aliphatic heterocycles. The minimum Gasteiger partial charge on any atom is -0.493 e. The highest BCUT2D eigenvalue weighted by molar-refractivity contribution is 5.75. The Labute approximate surface area is 120 Å². The van der Waals surface area contributed by atoms with Gasteiger partial charge in [-0.3, -0.25) is 0 Å². The van der Waals surface area contributed by atoms with Crippen LogP contribution < -0.4 is 16.2 Å². The molecule has 2 heterocycles. The summed E-state index contributed by atoms with van der Waals surface area (Å²) in [6.07, 6.45) is 0.931. The molecule has 1 aromatic heterocycles. The summed E-state index contributed by atoms with van der Waals surface area (Å²) in [4.78, 5) is 16.8. The Kier molecular flexibility index (Phi) is 2.62. The minimum atomic E-state index is -0.223. The van der Waals surface area contributed by atoms with Crippen LogP contribution in [0.25, 0.3) is 11.0 Å². The molecule has 0 aliphatic carbocycles. The molecule has 1 atom stereocenters. The van der Waals surface area contributed by atoms with Gasteiger partial charge in [-0.2, -0.15) is 0 Å². The minimum absolute atomic E-state index is 0.203. The normalized spacial score (nSPS) is 14.9. The molecule has 0 saturated heterocycles. The van der Waals surface area contributed by atoms with Gasteiger partial charge in [0.15, 0.2) is 0 Å². The van der Waals surface area contributed by atoms with Crippen LogP contribution in [0.3, 0.4) is 0 Å². The van der Waals surface area contributed by atoms with Gasteiger partial charge in [-0.05, 0) is 34.9 Å². The summed E-state index contributed by atoms with van der Waals surface area (Å²) in [5.41, 5.74) is 11.0. The summed E-state index contributed by atoms with van der Waals surface area (Å²) in [7, 11) is 0. The zero-order chi connectivity index (χ0) is 14.4. The number of rotatable bonds is 2. The number of aromatic nitrogens is 2. The van der Waals surface area contributed by atoms with Gasteiger partial charge in [0.25, 0.3) is 0 Å². The van der Waals surface area contributed by atoms with E-state index in [2.05, 4.69) is 16.0 Å². The number of nitrogens with one attached hydrogen (secondary N) is 2. The van der Waals surface area contributed by atoms with Crippen LogP contribution in [0.5, 0.6) is 5.75 Å². The lowest BCUT2D eigenvalue weighted by Crippen LogP contribution is -2.12. The maximum Gasteiger partial charge on any atom is 0.323 e. The van der Waals surface area contributed by atoms with Gasteiger partial charge in [-0.15, -0.1) is 0 Å². The van der Waals surface area contributed by atoms with Crippen LogP contribution in [0.1, 0.15) is 22.7 Å². The molecule has 1 unspecified atom stereocenters. The molecule has 5 heteroatoms. The largest absolute Gasteiger partial charge is 0.493 e. The van der Waals surface area contributed by atoms with E-state index in [1.807, 2.05) is 30.3 Å². The molecular weight excluding hydrogens is 266 g/mol. The van der Waals surface area contributed by atoms with Crippen molar-refractivity contribution in [2.24, 2.45) is 5.73 Å². The lowest BCUT2D eigenvalue weighted by molar-refractivity contribution is 0.357. The number of ether oxygens (including phenoxy) is 1. The fourth-order valence-electron chi connectivity index (χ4n) is 2.84. The molecule has 21 heavy (non-hydrogen) atoms. The monoisotopic (exact) mass is 281 g/mol. The first kappa shape index (κ1) is 12.2. The Bertz CT molecular complexity index is 879. The lowest BCUT2D eigenvalue weighted by Gasteiger charge is -2.13. The summed E-state index contributed by atoms with van der Waals surface area (Å²) < 4.78 is 5.51. The summed E-state index contributed by atoms with van der Waals surface area (Å²) >= 11 is 0. The standard InChI is InChI=1S/C16H15N3O2/c17-15(10-2-4-14-9(7-10)5-6-21-14)11-1-3-12-13(8-11)19-16(20)18-12/h1-4,7-8,15H,5-6,17H2,(H2,18,19,20). The van der Waals surface area contributed by atoms with Gasteiger partial charge in [-0.1, -0.05) is 18.2 Å². The second-order valence-corrected chi connectivity index (χ2v) is 5.33. The average molecular weight is 281 g/mol. The number of imidazole rings is 1. The maximum atomic E-state index is 11.3. The Hall–Kier alpha value is -2.53. The molecule has 3 aromatic rings. The van der Waals surface area contributed by atoms with Crippen molar-refractivity contribution in [3.05, 3.63) is 63.6 Å². The van der Waals surface area contributed by atoms with E-state index in [-0.39, 0.29) is 11.7 Å². The van der Waals surface area contributed by atoms with Crippen molar-refractivity contribution < 1.29 is 4.74 Å². The zero-order valence-corrected chi connectivity index (χ0v) is 11.3. The molecule has 2 aromatic carbocycles. The number of H-pyrrole nitrogens is 2. The maximum absolute atomic E-state index is 11.3. The molecule has 4 N–H and O–H groups in total. The van der Waals surface area contributed by atoms with Gasteiger partial charge in [-0.25, -0.2) is 4.79 Å². The third kappa shape index (κ3) is 2.02. The smallest absolute Gasteiger partial charge is 0.323 e. The predicted molar refractivity (Wildman–Crippen MR) is 80.6 cm³/mol. The van der Waals surface area contributed by atoms with Gasteiger partial charge in [0.05, 0.1) is 23.7 Å². The summed E-state index contributed by atoms with van der Waals surface area (Å²) in [6.45, 7) is 0.741. The number of nitrogens with two attached hydrogens (primary N) is 1. The third-order valence-electron chi connectivity index (χ3n) is 3.97. The van der Waals surface area contributed by atoms with E-state index in [4.69, 9.17) is 10.5 Å². The number of hydrogen-bond donors (Lipinski definition) is 3. The molecular formula is C16H15N3O2. The Morgan fingerprint density at radius 3 is 2.71 bits per heavy atom. The third-order valence-corrected chi connectivity index (χ3v) is 3.97. The van der Waals surface area contributed by atoms with E-state index in [0.717, 1.165) is 40.9 Å². The van der Waals surface area contributed by atoms with Crippen LogP contribution in [0.2, 0.25) is 0 Å². The molecule has 0 spiro atoms. The Balaban J connectivity index is 1.75. The van der Waals surface area contributed by atoms with E-state index < -0.39 is 0 Å². The molecule has 0 fully saturated rings. The van der Waals surface area contributed by atoms with Gasteiger partial charge >= 0.3 is 5.69 Å². The number of fused-ring (bicyclic) bond motifs is 2. The van der Waals surface area contributed by atoms with Crippen molar-refractivity contribution in [2.75, 3.05) is 6.61 Å². The molecule has 106 valence electrons. The van der Waals surface area contributed by atoms with E-state index in [9.17, 15) is 4.79 Å². The molecule has 0 bridgehead atoms. The highest BCUT2D eigenvalue weighted by atomic mass is 16.5. The van der Waals surface area contributed by atoms with Crippen molar-refractivity contribution >= 4 is 11.0 Å². The summed E-state index contributed by atoms with van der Waals surface area (Å²) in [5.74, 6) is 0.955. The lowest BCUT2D eigenvalue weighted by atomic mass is 9.97. The predicted octanol–water partition coefficient (Wildman–Crippen LogP) is 1.84. The average Bonchev–Trinajstić information content (AvgIpc) is 3.09. The zero-order valence-electron chi connectivity index (χ0n) is 11.3. The van der Waals surface area contributed by atoms with Crippen LogP contribution in [-0.2, 0) is 6.42 Å². The summed E-state index contributed by atoms with van der Waals surface area (Å²) in [6, 6.07) is 11.6. The fourth-order valence-corrected chi connectivity index (χ4v) is 2.84. The van der Waals surface area contributed by atoms with Gasteiger partial charge in [0.1, 0.15) is 5.75 Å². The van der Waals surface area contributed by atoms with Gasteiger partial charge in [0.2, 0.25) is 0 Å². The van der Waals surface area contributed by atoms with E-state index in [0.29, 0.717) is 0 Å². The Morgan fingerprint density at radius 1 is 1.05 bits per heavy atom. The van der Waals surface area contributed by atoms with Crippen molar-refractivity contribution in [1.29, 1.82) is 0 Å². The van der Waals surface area contributed by atoms with E-state index in [1.165, 1.54) is 5.56 Å². The van der Waals surface area contributed by atoms with E-state index in [1.54, 1.807) is 0 Å². The SMILES string of the molecule is NC(c1ccc2c(c1)CCO2)c1ccc2[nH]c(=O)[nH]c2c1. The molecule has 0 amide bonds. The van der Waals surface area contributed by atoms with Crippen molar-refractivity contribution in [1.82, 2.24) is 9.97 Å². The van der Waals surface area contributed by atoms with Crippen LogP contribution in [0.15, 0.2) is 41.2 Å². The van der Waals surface area contributed by atoms with E-state index >= 15 is 0 Å². The number of benzene rings is 2. The summed E-state index contributed by atoms with van der Waals surface area (Å²) in [5, 5.41) is 0. The Morgan fingerprint density at radius 2 is 1.81 bits per heavy atom. The quantitative estimate of drug-likeness (QED) is 0.670. The van der Waals surface area contributed by atoms with Crippen LogP contribution >= 0.6 is 0 Å². The topological polar surface area (TPSA) is 83.9 Å². The molecule has 0 radical (unpaired) electrons. The van der Waals surface area contributed by atoms with Crippen LogP contribution in [0.4, 0.5) is 0 Å². The molecule has 1 aliphatic rings. The van der Waals surface area contributed by atoms with Gasteiger partial charge in [0, 0.05) is 6.42 Å². The second kappa shape index (κ2) is 4.49. The first-order chi connectivity index (χ1) is 10.2. The fraction of sp³-hybridized carbons (Fsp3) is 0.188. The van der Waals surface area contributed by atoms with Gasteiger partial charge < -0.3 is 20.4 Å². The van der Waals surface area contributed by atoms with Crippen molar-refractivity contribution in [3.63, 3.8) is 0 Å². The van der Waals surface area contributed by atoms with Crippen LogP contribution in [-0.4, -0.2) is 16.6 Å². The second-order valence-electron chi connectivity index (χ2n) is 5.33. The number of aromatic amines is 2. The van der Waals surface area contributed by atoms with Crippen molar-refractivity contribution in [3.8, 4) is 5.75 Å². The van der Waals surface area contributed by atoms with Crippen molar-refractivity contribution in [2.45, 2.75) is 12.5 Å². The first-order valence-corrected chi connectivity index (χ1v) is 6.94. The first-order valence-electron chi connectivity index (χ1n) is 6.94. The molecule has 4 rings (SSSR count). The highest BCUT2D eigenvalue weighted by Gasteiger charge is 2.16.